The van der Waals surface area contributed by atoms with Gasteiger partial charge in [-0.25, -0.2) is 4.79 Å². The molecule has 0 heterocycles. The molecule has 0 radical (unpaired) electrons. The summed E-state index contributed by atoms with van der Waals surface area (Å²) in [7, 11) is 0. The third kappa shape index (κ3) is 6.04. The number of aliphatic hydroxyl groups excluding tert-OH is 1. The van der Waals surface area contributed by atoms with E-state index in [9.17, 15) is 4.79 Å². The number of nitrogens with one attached hydrogen (secondary N) is 2. The van der Waals surface area contributed by atoms with E-state index >= 15 is 0 Å². The first-order valence-electron chi connectivity index (χ1n) is 6.97. The van der Waals surface area contributed by atoms with E-state index in [1.165, 1.54) is 0 Å². The summed E-state index contributed by atoms with van der Waals surface area (Å²) in [6, 6.07) is 7.34. The lowest BCUT2D eigenvalue weighted by Crippen LogP contribution is -2.42. The van der Waals surface area contributed by atoms with E-state index in [4.69, 9.17) is 9.84 Å². The molecule has 20 heavy (non-hydrogen) atoms. The Morgan fingerprint density at radius 2 is 2.05 bits per heavy atom. The van der Waals surface area contributed by atoms with Gasteiger partial charge >= 0.3 is 6.03 Å². The molecule has 2 amide bonds. The van der Waals surface area contributed by atoms with Gasteiger partial charge in [-0.3, -0.25) is 0 Å². The van der Waals surface area contributed by atoms with Gasteiger partial charge in [-0.1, -0.05) is 31.2 Å². The molecule has 0 aliphatic carbocycles. The maximum absolute atomic E-state index is 11.6. The van der Waals surface area contributed by atoms with Gasteiger partial charge in [0.15, 0.2) is 0 Å². The van der Waals surface area contributed by atoms with Crippen LogP contribution in [0.15, 0.2) is 24.3 Å². The largest absolute Gasteiger partial charge is 0.394 e. The second-order valence-corrected chi connectivity index (χ2v) is 4.73. The first kappa shape index (κ1) is 16.5. The van der Waals surface area contributed by atoms with Gasteiger partial charge in [-0.2, -0.15) is 0 Å². The number of hydrogen-bond donors (Lipinski definition) is 3. The molecule has 112 valence electrons. The zero-order chi connectivity index (χ0) is 14.8. The molecule has 1 unspecified atom stereocenters. The molecular weight excluding hydrogens is 256 g/mol. The second-order valence-electron chi connectivity index (χ2n) is 4.73. The average molecular weight is 280 g/mol. The fraction of sp³-hybridized carbons (Fsp3) is 0.533. The van der Waals surface area contributed by atoms with Gasteiger partial charge in [-0.05, 0) is 24.5 Å². The Labute approximate surface area is 120 Å². The number of aliphatic hydroxyl groups is 1. The Kier molecular flexibility index (Phi) is 7.69. The minimum atomic E-state index is -0.282. The summed E-state index contributed by atoms with van der Waals surface area (Å²) in [5.74, 6) is 0. The van der Waals surface area contributed by atoms with Gasteiger partial charge in [0.1, 0.15) is 0 Å². The molecule has 0 aliphatic rings. The van der Waals surface area contributed by atoms with Crippen LogP contribution in [0, 0.1) is 0 Å². The van der Waals surface area contributed by atoms with Crippen LogP contribution in [-0.2, 0) is 17.9 Å². The molecule has 0 fully saturated rings. The average Bonchev–Trinajstić information content (AvgIpc) is 2.46. The molecule has 1 aromatic rings. The molecule has 1 rings (SSSR count). The highest BCUT2D eigenvalue weighted by Crippen LogP contribution is 2.10. The highest BCUT2D eigenvalue weighted by Gasteiger charge is 2.07. The van der Waals surface area contributed by atoms with Gasteiger partial charge in [0.25, 0.3) is 0 Å². The molecule has 3 N–H and O–H groups in total. The minimum Gasteiger partial charge on any atom is -0.394 e. The molecule has 0 aromatic heterocycles. The van der Waals surface area contributed by atoms with Crippen LogP contribution < -0.4 is 10.6 Å². The molecule has 5 nitrogen and oxygen atoms in total. The Balaban J connectivity index is 2.48. The Morgan fingerprint density at radius 3 is 2.70 bits per heavy atom. The van der Waals surface area contributed by atoms with E-state index < -0.39 is 0 Å². The van der Waals surface area contributed by atoms with Crippen molar-refractivity contribution in [1.29, 1.82) is 0 Å². The van der Waals surface area contributed by atoms with Crippen LogP contribution in [0.25, 0.3) is 0 Å². The normalized spacial score (nSPS) is 11.9. The van der Waals surface area contributed by atoms with Gasteiger partial charge in [-0.15, -0.1) is 0 Å². The number of urea groups is 1. The summed E-state index contributed by atoms with van der Waals surface area (Å²) in [6.45, 7) is 5.47. The molecular formula is C15H24N2O3. The minimum absolute atomic E-state index is 0.0745. The van der Waals surface area contributed by atoms with E-state index in [0.29, 0.717) is 13.2 Å². The van der Waals surface area contributed by atoms with Gasteiger partial charge < -0.3 is 20.5 Å². The van der Waals surface area contributed by atoms with Crippen LogP contribution in [0.3, 0.4) is 0 Å². The second kappa shape index (κ2) is 9.34. The molecule has 0 saturated heterocycles. The first-order valence-corrected chi connectivity index (χ1v) is 6.97. The smallest absolute Gasteiger partial charge is 0.315 e. The number of hydrogen-bond acceptors (Lipinski definition) is 3. The number of ether oxygens (including phenoxy) is 1. The molecule has 0 saturated carbocycles. The Hall–Kier alpha value is -1.59. The van der Waals surface area contributed by atoms with Crippen molar-refractivity contribution in [3.8, 4) is 0 Å². The van der Waals surface area contributed by atoms with Crippen LogP contribution in [0.5, 0.6) is 0 Å². The van der Waals surface area contributed by atoms with Crippen molar-refractivity contribution in [2.45, 2.75) is 39.5 Å². The summed E-state index contributed by atoms with van der Waals surface area (Å²) < 4.78 is 5.54. The number of carbonyl (C=O) groups excluding carboxylic acids is 1. The van der Waals surface area contributed by atoms with E-state index in [1.54, 1.807) is 6.92 Å². The van der Waals surface area contributed by atoms with Gasteiger partial charge in [0.2, 0.25) is 0 Å². The molecule has 1 aromatic carbocycles. The first-order chi connectivity index (χ1) is 9.67. The summed E-state index contributed by atoms with van der Waals surface area (Å²) in [5, 5.41) is 14.3. The van der Waals surface area contributed by atoms with E-state index in [0.717, 1.165) is 24.2 Å². The summed E-state index contributed by atoms with van der Waals surface area (Å²) >= 11 is 0. The summed E-state index contributed by atoms with van der Waals surface area (Å²) in [5.41, 5.74) is 2.12. The lowest BCUT2D eigenvalue weighted by molar-refractivity contribution is 0.121. The van der Waals surface area contributed by atoms with Crippen molar-refractivity contribution < 1.29 is 14.6 Å². The number of benzene rings is 1. The fourth-order valence-electron chi connectivity index (χ4n) is 1.69. The monoisotopic (exact) mass is 280 g/mol. The highest BCUT2D eigenvalue weighted by atomic mass is 16.5. The predicted octanol–water partition coefficient (Wildman–Crippen LogP) is 1.79. The Bertz CT molecular complexity index is 410. The third-order valence-electron chi connectivity index (χ3n) is 2.82. The van der Waals surface area contributed by atoms with Crippen molar-refractivity contribution in [2.75, 3.05) is 13.2 Å². The molecule has 0 aliphatic heterocycles. The molecule has 1 atom stereocenters. The van der Waals surface area contributed by atoms with Crippen LogP contribution in [-0.4, -0.2) is 30.4 Å². The van der Waals surface area contributed by atoms with Gasteiger partial charge in [0, 0.05) is 13.2 Å². The lowest BCUT2D eigenvalue weighted by Gasteiger charge is -2.14. The van der Waals surface area contributed by atoms with E-state index in [2.05, 4.69) is 17.6 Å². The Morgan fingerprint density at radius 1 is 1.35 bits per heavy atom. The number of amides is 2. The van der Waals surface area contributed by atoms with Crippen molar-refractivity contribution >= 4 is 6.03 Å². The number of rotatable bonds is 8. The SMILES string of the molecule is CCCOCc1ccccc1CNC(=O)NC(C)CO. The zero-order valence-corrected chi connectivity index (χ0v) is 12.2. The topological polar surface area (TPSA) is 70.6 Å². The predicted molar refractivity (Wildman–Crippen MR) is 78.3 cm³/mol. The van der Waals surface area contributed by atoms with Crippen LogP contribution in [0.4, 0.5) is 4.79 Å². The van der Waals surface area contributed by atoms with Crippen molar-refractivity contribution in [2.24, 2.45) is 0 Å². The zero-order valence-electron chi connectivity index (χ0n) is 12.2. The van der Waals surface area contributed by atoms with Gasteiger partial charge in [0.05, 0.1) is 19.3 Å². The van der Waals surface area contributed by atoms with Crippen molar-refractivity contribution in [1.82, 2.24) is 10.6 Å². The van der Waals surface area contributed by atoms with Crippen molar-refractivity contribution in [3.63, 3.8) is 0 Å². The molecule has 0 spiro atoms. The van der Waals surface area contributed by atoms with Crippen molar-refractivity contribution in [3.05, 3.63) is 35.4 Å². The van der Waals surface area contributed by atoms with Crippen LogP contribution >= 0.6 is 0 Å². The lowest BCUT2D eigenvalue weighted by atomic mass is 10.1. The summed E-state index contributed by atoms with van der Waals surface area (Å²) in [4.78, 5) is 11.6. The van der Waals surface area contributed by atoms with E-state index in [-0.39, 0.29) is 18.7 Å². The highest BCUT2D eigenvalue weighted by molar-refractivity contribution is 5.74. The quantitative estimate of drug-likeness (QED) is 0.636. The maximum Gasteiger partial charge on any atom is 0.315 e. The maximum atomic E-state index is 11.6. The standard InChI is InChI=1S/C15H24N2O3/c1-3-8-20-11-14-7-5-4-6-13(14)9-16-15(19)17-12(2)10-18/h4-7,12,18H,3,8-11H2,1-2H3,(H2,16,17,19). The molecule has 5 heteroatoms. The molecule has 0 bridgehead atoms. The third-order valence-corrected chi connectivity index (χ3v) is 2.82. The van der Waals surface area contributed by atoms with Crippen LogP contribution in [0.1, 0.15) is 31.4 Å². The summed E-state index contributed by atoms with van der Waals surface area (Å²) in [6.07, 6.45) is 0.988. The van der Waals surface area contributed by atoms with Crippen LogP contribution in [0.2, 0.25) is 0 Å². The fourth-order valence-corrected chi connectivity index (χ4v) is 1.69. The van der Waals surface area contributed by atoms with E-state index in [1.807, 2.05) is 24.3 Å². The number of carbonyl (C=O) groups is 1.